The predicted molar refractivity (Wildman–Crippen MR) is 57.6 cm³/mol. The molecule has 0 saturated heterocycles. The summed E-state index contributed by atoms with van der Waals surface area (Å²) in [5.41, 5.74) is 0. The Labute approximate surface area is 95.3 Å². The smallest absolute Gasteiger partial charge is 0.302 e. The molecule has 3 saturated carbocycles. The number of carbonyl (C=O) groups excluding carboxylic acids is 1. The second-order valence-electron chi connectivity index (χ2n) is 5.33. The Bertz CT molecular complexity index is 289. The van der Waals surface area contributed by atoms with Gasteiger partial charge in [-0.3, -0.25) is 4.79 Å². The van der Waals surface area contributed by atoms with Gasteiger partial charge in [-0.05, 0) is 37.0 Å². The maximum absolute atomic E-state index is 11.0. The van der Waals surface area contributed by atoms with Gasteiger partial charge in [0.15, 0.2) is 0 Å². The standard InChI is InChI=1S/C12H17ClO2/c1-6(14)15-10-5-9-7-3-2-4-8(7)11(10)12(9)13/h7-12H,2-5H2,1H3/t7-,8+,9-,10+,11-,12+/m1/s1. The molecule has 0 radical (unpaired) electrons. The number of ether oxygens (including phenoxy) is 1. The Morgan fingerprint density at radius 3 is 2.73 bits per heavy atom. The Kier molecular flexibility index (Phi) is 2.24. The van der Waals surface area contributed by atoms with E-state index in [0.717, 1.165) is 18.3 Å². The molecule has 2 bridgehead atoms. The third-order valence-electron chi connectivity index (χ3n) is 4.70. The molecule has 3 aliphatic rings. The number of carbonyl (C=O) groups is 1. The van der Waals surface area contributed by atoms with Crippen LogP contribution < -0.4 is 0 Å². The Morgan fingerprint density at radius 1 is 1.27 bits per heavy atom. The van der Waals surface area contributed by atoms with Gasteiger partial charge in [-0.1, -0.05) is 6.42 Å². The minimum atomic E-state index is -0.147. The van der Waals surface area contributed by atoms with Gasteiger partial charge in [-0.25, -0.2) is 0 Å². The van der Waals surface area contributed by atoms with Gasteiger partial charge in [0, 0.05) is 18.2 Å². The van der Waals surface area contributed by atoms with Gasteiger partial charge >= 0.3 is 5.97 Å². The van der Waals surface area contributed by atoms with Crippen LogP contribution in [0, 0.1) is 23.7 Å². The molecule has 0 aromatic rings. The fourth-order valence-electron chi connectivity index (χ4n) is 4.34. The molecule has 15 heavy (non-hydrogen) atoms. The molecule has 0 amide bonds. The topological polar surface area (TPSA) is 26.3 Å². The van der Waals surface area contributed by atoms with Crippen LogP contribution in [0.2, 0.25) is 0 Å². The van der Waals surface area contributed by atoms with E-state index in [1.54, 1.807) is 0 Å². The molecule has 0 N–H and O–H groups in total. The summed E-state index contributed by atoms with van der Waals surface area (Å²) in [5, 5.41) is 0.268. The molecule has 2 nitrogen and oxygen atoms in total. The molecular formula is C12H17ClO2. The molecule has 0 aromatic heterocycles. The van der Waals surface area contributed by atoms with E-state index >= 15 is 0 Å². The van der Waals surface area contributed by atoms with E-state index in [2.05, 4.69) is 0 Å². The highest BCUT2D eigenvalue weighted by molar-refractivity contribution is 6.21. The SMILES string of the molecule is CC(=O)O[C@H]1C[C@H]2[C@H](Cl)[C@@H]1[C@H]1CCC[C@@H]21. The van der Waals surface area contributed by atoms with Crippen molar-refractivity contribution in [1.29, 1.82) is 0 Å². The summed E-state index contributed by atoms with van der Waals surface area (Å²) in [5.74, 6) is 2.51. The van der Waals surface area contributed by atoms with E-state index in [4.69, 9.17) is 16.3 Å². The number of alkyl halides is 1. The molecular weight excluding hydrogens is 212 g/mol. The minimum Gasteiger partial charge on any atom is -0.462 e. The molecule has 3 fully saturated rings. The van der Waals surface area contributed by atoms with E-state index in [1.165, 1.54) is 26.2 Å². The van der Waals surface area contributed by atoms with Crippen LogP contribution in [0.15, 0.2) is 0 Å². The average Bonchev–Trinajstić information content (AvgIpc) is 2.76. The zero-order valence-electron chi connectivity index (χ0n) is 8.99. The fourth-order valence-corrected chi connectivity index (χ4v) is 4.97. The first kappa shape index (κ1) is 9.95. The number of esters is 1. The first-order valence-corrected chi connectivity index (χ1v) is 6.43. The zero-order chi connectivity index (χ0) is 10.6. The lowest BCUT2D eigenvalue weighted by atomic mass is 9.80. The molecule has 0 heterocycles. The largest absolute Gasteiger partial charge is 0.462 e. The maximum atomic E-state index is 11.0. The van der Waals surface area contributed by atoms with Crippen LogP contribution >= 0.6 is 11.6 Å². The fraction of sp³-hybridized carbons (Fsp3) is 0.917. The van der Waals surface area contributed by atoms with Crippen LogP contribution in [0.4, 0.5) is 0 Å². The van der Waals surface area contributed by atoms with Crippen molar-refractivity contribution in [1.82, 2.24) is 0 Å². The lowest BCUT2D eigenvalue weighted by molar-refractivity contribution is -0.150. The van der Waals surface area contributed by atoms with Gasteiger partial charge in [0.2, 0.25) is 0 Å². The monoisotopic (exact) mass is 228 g/mol. The van der Waals surface area contributed by atoms with Gasteiger partial charge in [0.05, 0.1) is 0 Å². The summed E-state index contributed by atoms with van der Waals surface area (Å²) in [6, 6.07) is 0. The van der Waals surface area contributed by atoms with E-state index in [0.29, 0.717) is 11.8 Å². The van der Waals surface area contributed by atoms with Gasteiger partial charge in [0.1, 0.15) is 6.10 Å². The van der Waals surface area contributed by atoms with Gasteiger partial charge in [-0.15, -0.1) is 11.6 Å². The quantitative estimate of drug-likeness (QED) is 0.510. The summed E-state index contributed by atoms with van der Waals surface area (Å²) >= 11 is 6.46. The first-order valence-electron chi connectivity index (χ1n) is 6.00. The van der Waals surface area contributed by atoms with Crippen molar-refractivity contribution in [2.24, 2.45) is 23.7 Å². The van der Waals surface area contributed by atoms with Crippen LogP contribution in [0.25, 0.3) is 0 Å². The summed E-state index contributed by atoms with van der Waals surface area (Å²) in [7, 11) is 0. The normalized spacial score (nSPS) is 51.9. The van der Waals surface area contributed by atoms with Crippen LogP contribution in [0.3, 0.4) is 0 Å². The third kappa shape index (κ3) is 1.33. The Balaban J connectivity index is 1.80. The van der Waals surface area contributed by atoms with Gasteiger partial charge < -0.3 is 4.74 Å². The van der Waals surface area contributed by atoms with Gasteiger partial charge in [-0.2, -0.15) is 0 Å². The van der Waals surface area contributed by atoms with E-state index in [-0.39, 0.29) is 17.5 Å². The second-order valence-corrected chi connectivity index (χ2v) is 5.83. The summed E-state index contributed by atoms with van der Waals surface area (Å²) < 4.78 is 5.40. The summed E-state index contributed by atoms with van der Waals surface area (Å²) in [4.78, 5) is 11.0. The lowest BCUT2D eigenvalue weighted by Crippen LogP contribution is -2.32. The molecule has 84 valence electrons. The maximum Gasteiger partial charge on any atom is 0.302 e. The van der Waals surface area contributed by atoms with Crippen molar-refractivity contribution in [2.75, 3.05) is 0 Å². The number of fused-ring (bicyclic) bond motifs is 5. The molecule has 0 unspecified atom stereocenters. The zero-order valence-corrected chi connectivity index (χ0v) is 9.74. The average molecular weight is 229 g/mol. The molecule has 0 aromatic carbocycles. The highest BCUT2D eigenvalue weighted by Crippen LogP contribution is 2.61. The highest BCUT2D eigenvalue weighted by Gasteiger charge is 2.60. The molecule has 6 atom stereocenters. The van der Waals surface area contributed by atoms with E-state index < -0.39 is 0 Å². The molecule has 3 rings (SSSR count). The van der Waals surface area contributed by atoms with Gasteiger partial charge in [0.25, 0.3) is 0 Å². The Hall–Kier alpha value is -0.240. The van der Waals surface area contributed by atoms with Crippen molar-refractivity contribution < 1.29 is 9.53 Å². The molecule has 3 aliphatic carbocycles. The number of hydrogen-bond donors (Lipinski definition) is 0. The lowest BCUT2D eigenvalue weighted by Gasteiger charge is -2.30. The van der Waals surface area contributed by atoms with E-state index in [9.17, 15) is 4.79 Å². The van der Waals surface area contributed by atoms with Crippen molar-refractivity contribution in [3.05, 3.63) is 0 Å². The Morgan fingerprint density at radius 2 is 2.00 bits per heavy atom. The van der Waals surface area contributed by atoms with Crippen molar-refractivity contribution >= 4 is 17.6 Å². The summed E-state index contributed by atoms with van der Waals surface area (Å²) in [6.45, 7) is 1.50. The predicted octanol–water partition coefficient (Wildman–Crippen LogP) is 2.59. The van der Waals surface area contributed by atoms with Crippen LogP contribution in [0.5, 0.6) is 0 Å². The molecule has 3 heteroatoms. The highest BCUT2D eigenvalue weighted by atomic mass is 35.5. The molecule has 0 aliphatic heterocycles. The number of rotatable bonds is 1. The first-order chi connectivity index (χ1) is 7.18. The molecule has 0 spiro atoms. The number of halogens is 1. The van der Waals surface area contributed by atoms with Crippen molar-refractivity contribution in [2.45, 2.75) is 44.1 Å². The van der Waals surface area contributed by atoms with Crippen LogP contribution in [0.1, 0.15) is 32.6 Å². The van der Waals surface area contributed by atoms with Crippen molar-refractivity contribution in [3.8, 4) is 0 Å². The summed E-state index contributed by atoms with van der Waals surface area (Å²) in [6.07, 6.45) is 5.13. The number of hydrogen-bond acceptors (Lipinski definition) is 2. The van der Waals surface area contributed by atoms with E-state index in [1.807, 2.05) is 0 Å². The second kappa shape index (κ2) is 3.38. The minimum absolute atomic E-state index is 0.120. The van der Waals surface area contributed by atoms with Crippen LogP contribution in [-0.4, -0.2) is 17.5 Å². The van der Waals surface area contributed by atoms with Crippen molar-refractivity contribution in [3.63, 3.8) is 0 Å². The third-order valence-corrected chi connectivity index (χ3v) is 5.31. The van der Waals surface area contributed by atoms with Crippen LogP contribution in [-0.2, 0) is 9.53 Å².